The van der Waals surface area contributed by atoms with Crippen LogP contribution in [0.15, 0.2) is 18.2 Å². The van der Waals surface area contributed by atoms with Crippen molar-refractivity contribution in [3.63, 3.8) is 0 Å². The number of hydrogen-bond acceptors (Lipinski definition) is 1. The SMILES string of the molecule is CCCc1cccc(NC)c1CCC. The predicted octanol–water partition coefficient (Wildman–Crippen LogP) is 3.63. The Bertz CT molecular complexity index is 279. The summed E-state index contributed by atoms with van der Waals surface area (Å²) in [6, 6.07) is 6.58. The van der Waals surface area contributed by atoms with Crippen molar-refractivity contribution >= 4 is 5.69 Å². The second kappa shape index (κ2) is 5.69. The van der Waals surface area contributed by atoms with Gasteiger partial charge in [0.1, 0.15) is 0 Å². The van der Waals surface area contributed by atoms with Gasteiger partial charge in [-0.1, -0.05) is 38.8 Å². The van der Waals surface area contributed by atoms with E-state index in [0.717, 1.165) is 0 Å². The number of hydrogen-bond donors (Lipinski definition) is 1. The fourth-order valence-corrected chi connectivity index (χ4v) is 1.92. The van der Waals surface area contributed by atoms with E-state index >= 15 is 0 Å². The Morgan fingerprint density at radius 2 is 1.79 bits per heavy atom. The topological polar surface area (TPSA) is 12.0 Å². The van der Waals surface area contributed by atoms with Crippen LogP contribution in [0.5, 0.6) is 0 Å². The summed E-state index contributed by atoms with van der Waals surface area (Å²) in [5, 5.41) is 3.28. The first-order valence-electron chi connectivity index (χ1n) is 5.62. The van der Waals surface area contributed by atoms with Gasteiger partial charge in [-0.2, -0.15) is 0 Å². The first-order valence-corrected chi connectivity index (χ1v) is 5.62. The minimum atomic E-state index is 1.19. The van der Waals surface area contributed by atoms with Crippen molar-refractivity contribution in [3.05, 3.63) is 29.3 Å². The van der Waals surface area contributed by atoms with Crippen molar-refractivity contribution in [3.8, 4) is 0 Å². The summed E-state index contributed by atoms with van der Waals surface area (Å²) in [5.41, 5.74) is 4.33. The molecule has 1 N–H and O–H groups in total. The maximum atomic E-state index is 3.28. The van der Waals surface area contributed by atoms with Crippen molar-refractivity contribution in [2.24, 2.45) is 0 Å². The lowest BCUT2D eigenvalue weighted by Gasteiger charge is -2.13. The molecule has 0 aliphatic rings. The van der Waals surface area contributed by atoms with Gasteiger partial charge in [0.15, 0.2) is 0 Å². The molecular formula is C13H21N. The van der Waals surface area contributed by atoms with Crippen LogP contribution in [-0.4, -0.2) is 7.05 Å². The molecule has 1 heteroatoms. The average molecular weight is 191 g/mol. The van der Waals surface area contributed by atoms with Gasteiger partial charge >= 0.3 is 0 Å². The molecule has 0 fully saturated rings. The van der Waals surface area contributed by atoms with Gasteiger partial charge in [0.2, 0.25) is 0 Å². The predicted molar refractivity (Wildman–Crippen MR) is 64.0 cm³/mol. The van der Waals surface area contributed by atoms with E-state index in [0.29, 0.717) is 0 Å². The van der Waals surface area contributed by atoms with Crippen LogP contribution in [0.1, 0.15) is 37.8 Å². The lowest BCUT2D eigenvalue weighted by Crippen LogP contribution is -2.00. The number of anilines is 1. The zero-order valence-corrected chi connectivity index (χ0v) is 9.56. The molecule has 1 nitrogen and oxygen atoms in total. The number of rotatable bonds is 5. The molecule has 0 radical (unpaired) electrons. The quantitative estimate of drug-likeness (QED) is 0.749. The highest BCUT2D eigenvalue weighted by atomic mass is 14.8. The van der Waals surface area contributed by atoms with E-state index in [4.69, 9.17) is 0 Å². The maximum Gasteiger partial charge on any atom is 0.0372 e. The van der Waals surface area contributed by atoms with Crippen LogP contribution in [0.4, 0.5) is 5.69 Å². The standard InChI is InChI=1S/C13H21N/c1-4-7-11-9-6-10-13(14-3)12(11)8-5-2/h6,9-10,14H,4-5,7-8H2,1-3H3. The van der Waals surface area contributed by atoms with E-state index in [1.54, 1.807) is 0 Å². The highest BCUT2D eigenvalue weighted by molar-refractivity contribution is 5.54. The van der Waals surface area contributed by atoms with Crippen LogP contribution < -0.4 is 5.32 Å². The fourth-order valence-electron chi connectivity index (χ4n) is 1.92. The van der Waals surface area contributed by atoms with Crippen molar-refractivity contribution in [2.75, 3.05) is 12.4 Å². The van der Waals surface area contributed by atoms with E-state index in [1.165, 1.54) is 42.5 Å². The Kier molecular flexibility index (Phi) is 4.51. The third-order valence-corrected chi connectivity index (χ3v) is 2.56. The first-order chi connectivity index (χ1) is 6.83. The Morgan fingerprint density at radius 3 is 2.36 bits per heavy atom. The third kappa shape index (κ3) is 2.50. The molecule has 78 valence electrons. The van der Waals surface area contributed by atoms with E-state index in [2.05, 4.69) is 37.4 Å². The van der Waals surface area contributed by atoms with Gasteiger partial charge in [0.05, 0.1) is 0 Å². The van der Waals surface area contributed by atoms with E-state index in [-0.39, 0.29) is 0 Å². The fraction of sp³-hybridized carbons (Fsp3) is 0.538. The van der Waals surface area contributed by atoms with Crippen LogP contribution in [0.3, 0.4) is 0 Å². The highest BCUT2D eigenvalue weighted by Gasteiger charge is 2.05. The molecule has 0 spiro atoms. The summed E-state index contributed by atoms with van der Waals surface area (Å²) in [6.07, 6.45) is 4.83. The largest absolute Gasteiger partial charge is 0.388 e. The molecule has 0 heterocycles. The molecule has 0 amide bonds. The van der Waals surface area contributed by atoms with Crippen LogP contribution >= 0.6 is 0 Å². The second-order valence-electron chi connectivity index (χ2n) is 3.69. The molecule has 0 aliphatic carbocycles. The third-order valence-electron chi connectivity index (χ3n) is 2.56. The molecular weight excluding hydrogens is 170 g/mol. The van der Waals surface area contributed by atoms with Gasteiger partial charge in [0.25, 0.3) is 0 Å². The zero-order valence-electron chi connectivity index (χ0n) is 9.56. The minimum absolute atomic E-state index is 1.19. The Balaban J connectivity index is 3.00. The lowest BCUT2D eigenvalue weighted by atomic mass is 9.98. The van der Waals surface area contributed by atoms with Gasteiger partial charge < -0.3 is 5.32 Å². The second-order valence-corrected chi connectivity index (χ2v) is 3.69. The van der Waals surface area contributed by atoms with Crippen LogP contribution in [-0.2, 0) is 12.8 Å². The van der Waals surface area contributed by atoms with E-state index < -0.39 is 0 Å². The van der Waals surface area contributed by atoms with Crippen LogP contribution in [0.25, 0.3) is 0 Å². The van der Waals surface area contributed by atoms with E-state index in [9.17, 15) is 0 Å². The molecule has 14 heavy (non-hydrogen) atoms. The molecule has 0 bridgehead atoms. The zero-order chi connectivity index (χ0) is 10.4. The molecule has 0 saturated carbocycles. The van der Waals surface area contributed by atoms with Crippen molar-refractivity contribution in [2.45, 2.75) is 39.5 Å². The minimum Gasteiger partial charge on any atom is -0.388 e. The smallest absolute Gasteiger partial charge is 0.0372 e. The normalized spacial score (nSPS) is 10.2. The Labute approximate surface area is 87.5 Å². The summed E-state index contributed by atoms with van der Waals surface area (Å²) < 4.78 is 0. The molecule has 0 saturated heterocycles. The molecule has 0 aromatic heterocycles. The van der Waals surface area contributed by atoms with Gasteiger partial charge in [-0.25, -0.2) is 0 Å². The number of nitrogens with one attached hydrogen (secondary N) is 1. The van der Waals surface area contributed by atoms with Crippen LogP contribution in [0, 0.1) is 0 Å². The van der Waals surface area contributed by atoms with Crippen molar-refractivity contribution in [1.29, 1.82) is 0 Å². The van der Waals surface area contributed by atoms with Crippen LogP contribution in [0.2, 0.25) is 0 Å². The number of aryl methyl sites for hydroxylation is 1. The van der Waals surface area contributed by atoms with Crippen molar-refractivity contribution in [1.82, 2.24) is 0 Å². The summed E-state index contributed by atoms with van der Waals surface area (Å²) in [4.78, 5) is 0. The summed E-state index contributed by atoms with van der Waals surface area (Å²) >= 11 is 0. The van der Waals surface area contributed by atoms with Crippen molar-refractivity contribution < 1.29 is 0 Å². The maximum absolute atomic E-state index is 3.28. The summed E-state index contributed by atoms with van der Waals surface area (Å²) in [6.45, 7) is 4.48. The molecule has 0 unspecified atom stereocenters. The molecule has 1 rings (SSSR count). The first kappa shape index (κ1) is 11.1. The van der Waals surface area contributed by atoms with Gasteiger partial charge in [-0.05, 0) is 30.0 Å². The van der Waals surface area contributed by atoms with Gasteiger partial charge in [-0.15, -0.1) is 0 Å². The molecule has 1 aromatic rings. The molecule has 0 aliphatic heterocycles. The number of benzene rings is 1. The summed E-state index contributed by atoms with van der Waals surface area (Å²) in [5.74, 6) is 0. The van der Waals surface area contributed by atoms with E-state index in [1.807, 2.05) is 7.05 Å². The molecule has 1 aromatic carbocycles. The molecule has 0 atom stereocenters. The Hall–Kier alpha value is -0.980. The van der Waals surface area contributed by atoms with Gasteiger partial charge in [0, 0.05) is 12.7 Å². The average Bonchev–Trinajstić information content (AvgIpc) is 2.21. The monoisotopic (exact) mass is 191 g/mol. The summed E-state index contributed by atoms with van der Waals surface area (Å²) in [7, 11) is 2.00. The van der Waals surface area contributed by atoms with Gasteiger partial charge in [-0.3, -0.25) is 0 Å². The lowest BCUT2D eigenvalue weighted by molar-refractivity contribution is 0.862. The Morgan fingerprint density at radius 1 is 1.07 bits per heavy atom. The highest BCUT2D eigenvalue weighted by Crippen LogP contribution is 2.22.